The van der Waals surface area contributed by atoms with E-state index < -0.39 is 5.97 Å². The van der Waals surface area contributed by atoms with Gasteiger partial charge in [0, 0.05) is 25.7 Å². The molecular formula is C11H18N6O2. The smallest absolute Gasteiger partial charge is 0.376 e. The number of piperazine rings is 1. The zero-order valence-corrected chi connectivity index (χ0v) is 11.1. The normalized spacial score (nSPS) is 19.3. The first-order valence-corrected chi connectivity index (χ1v) is 6.28. The lowest BCUT2D eigenvalue weighted by Gasteiger charge is -2.33. The van der Waals surface area contributed by atoms with Gasteiger partial charge in [-0.15, -0.1) is 0 Å². The van der Waals surface area contributed by atoms with Crippen molar-refractivity contribution in [2.24, 2.45) is 0 Å². The van der Waals surface area contributed by atoms with Gasteiger partial charge in [0.25, 0.3) is 0 Å². The molecule has 2 rings (SSSR count). The third-order valence-corrected chi connectivity index (χ3v) is 2.86. The van der Waals surface area contributed by atoms with Gasteiger partial charge >= 0.3 is 5.97 Å². The first-order valence-electron chi connectivity index (χ1n) is 6.28. The molecule has 0 spiro atoms. The lowest BCUT2D eigenvalue weighted by molar-refractivity contribution is 0.0512. The highest BCUT2D eigenvalue weighted by atomic mass is 16.5. The number of anilines is 2. The molecule has 0 bridgehead atoms. The highest BCUT2D eigenvalue weighted by Crippen LogP contribution is 2.14. The standard InChI is InChI=1S/C11H18N6O2/c1-3-19-9(18)8-14-10(12)16-11(15-8)17-5-4-13-6-7(17)2/h7,13H,3-6H2,1-2H3,(H2,12,14,15,16). The zero-order valence-electron chi connectivity index (χ0n) is 11.1. The maximum atomic E-state index is 11.7. The van der Waals surface area contributed by atoms with Crippen molar-refractivity contribution in [1.82, 2.24) is 20.3 Å². The van der Waals surface area contributed by atoms with E-state index >= 15 is 0 Å². The molecule has 8 heteroatoms. The minimum atomic E-state index is -0.583. The summed E-state index contributed by atoms with van der Waals surface area (Å²) in [6.45, 7) is 6.47. The van der Waals surface area contributed by atoms with E-state index in [9.17, 15) is 4.79 Å². The topological polar surface area (TPSA) is 106 Å². The average molecular weight is 266 g/mol. The number of nitrogens with one attached hydrogen (secondary N) is 1. The number of aromatic nitrogens is 3. The molecule has 104 valence electrons. The molecular weight excluding hydrogens is 248 g/mol. The van der Waals surface area contributed by atoms with Crippen LogP contribution in [0.1, 0.15) is 24.5 Å². The number of hydrogen-bond acceptors (Lipinski definition) is 8. The number of carbonyl (C=O) groups excluding carboxylic acids is 1. The Morgan fingerprint density at radius 3 is 3.00 bits per heavy atom. The van der Waals surface area contributed by atoms with E-state index in [0.29, 0.717) is 5.95 Å². The molecule has 19 heavy (non-hydrogen) atoms. The predicted molar refractivity (Wildman–Crippen MR) is 69.9 cm³/mol. The molecule has 3 N–H and O–H groups in total. The van der Waals surface area contributed by atoms with Crippen LogP contribution in [0.2, 0.25) is 0 Å². The molecule has 1 aromatic rings. The molecule has 2 heterocycles. The fourth-order valence-electron chi connectivity index (χ4n) is 1.93. The lowest BCUT2D eigenvalue weighted by Crippen LogP contribution is -2.50. The van der Waals surface area contributed by atoms with Crippen molar-refractivity contribution >= 4 is 17.9 Å². The monoisotopic (exact) mass is 266 g/mol. The van der Waals surface area contributed by atoms with E-state index in [-0.39, 0.29) is 24.4 Å². The Morgan fingerprint density at radius 2 is 2.32 bits per heavy atom. The Balaban J connectivity index is 2.27. The molecule has 1 aromatic heterocycles. The lowest BCUT2D eigenvalue weighted by atomic mass is 10.2. The number of nitrogens with zero attached hydrogens (tertiary/aromatic N) is 4. The summed E-state index contributed by atoms with van der Waals surface area (Å²) in [6.07, 6.45) is 0. The maximum Gasteiger partial charge on any atom is 0.376 e. The number of carbonyl (C=O) groups is 1. The highest BCUT2D eigenvalue weighted by molar-refractivity contribution is 5.85. The molecule has 0 aliphatic carbocycles. The molecule has 0 amide bonds. The van der Waals surface area contributed by atoms with Crippen molar-refractivity contribution in [1.29, 1.82) is 0 Å². The number of nitrogens with two attached hydrogens (primary N) is 1. The second kappa shape index (κ2) is 5.79. The second-order valence-electron chi connectivity index (χ2n) is 4.28. The Kier molecular flexibility index (Phi) is 4.10. The highest BCUT2D eigenvalue weighted by Gasteiger charge is 2.23. The van der Waals surface area contributed by atoms with Crippen molar-refractivity contribution in [3.63, 3.8) is 0 Å². The van der Waals surface area contributed by atoms with Gasteiger partial charge in [-0.2, -0.15) is 15.0 Å². The van der Waals surface area contributed by atoms with Gasteiger partial charge in [0.2, 0.25) is 17.7 Å². The summed E-state index contributed by atoms with van der Waals surface area (Å²) in [5, 5.41) is 3.27. The van der Waals surface area contributed by atoms with Crippen LogP contribution >= 0.6 is 0 Å². The third kappa shape index (κ3) is 3.08. The summed E-state index contributed by atoms with van der Waals surface area (Å²) in [6, 6.07) is 0.227. The predicted octanol–water partition coefficient (Wildman–Crippen LogP) is -0.571. The van der Waals surface area contributed by atoms with Crippen molar-refractivity contribution in [2.75, 3.05) is 36.9 Å². The van der Waals surface area contributed by atoms with Crippen LogP contribution in [0.25, 0.3) is 0 Å². The van der Waals surface area contributed by atoms with Crippen LogP contribution in [0, 0.1) is 0 Å². The summed E-state index contributed by atoms with van der Waals surface area (Å²) in [4.78, 5) is 25.7. The van der Waals surface area contributed by atoms with Crippen LogP contribution in [0.4, 0.5) is 11.9 Å². The SMILES string of the molecule is CCOC(=O)c1nc(N)nc(N2CCNCC2C)n1. The van der Waals surface area contributed by atoms with Crippen molar-refractivity contribution in [3.8, 4) is 0 Å². The molecule has 1 atom stereocenters. The Labute approximate surface area is 111 Å². The number of ether oxygens (including phenoxy) is 1. The van der Waals surface area contributed by atoms with Gasteiger partial charge in [0.15, 0.2) is 0 Å². The van der Waals surface area contributed by atoms with Gasteiger partial charge in [-0.3, -0.25) is 0 Å². The second-order valence-corrected chi connectivity index (χ2v) is 4.28. The minimum absolute atomic E-state index is 0.0267. The van der Waals surface area contributed by atoms with E-state index in [2.05, 4.69) is 27.2 Å². The van der Waals surface area contributed by atoms with Gasteiger partial charge in [0.1, 0.15) is 0 Å². The Bertz CT molecular complexity index is 466. The molecule has 0 saturated carbocycles. The number of rotatable bonds is 3. The van der Waals surface area contributed by atoms with Gasteiger partial charge in [-0.05, 0) is 13.8 Å². The molecule has 0 radical (unpaired) electrons. The molecule has 8 nitrogen and oxygen atoms in total. The van der Waals surface area contributed by atoms with E-state index in [4.69, 9.17) is 10.5 Å². The Hall–Kier alpha value is -1.96. The van der Waals surface area contributed by atoms with Crippen molar-refractivity contribution in [2.45, 2.75) is 19.9 Å². The van der Waals surface area contributed by atoms with Crippen LogP contribution in [-0.2, 0) is 4.74 Å². The summed E-state index contributed by atoms with van der Waals surface area (Å²) < 4.78 is 4.87. The van der Waals surface area contributed by atoms with Gasteiger partial charge in [0.05, 0.1) is 6.61 Å². The van der Waals surface area contributed by atoms with Gasteiger partial charge in [-0.25, -0.2) is 4.79 Å². The van der Waals surface area contributed by atoms with Crippen molar-refractivity contribution < 1.29 is 9.53 Å². The van der Waals surface area contributed by atoms with E-state index in [0.717, 1.165) is 19.6 Å². The average Bonchev–Trinajstić information content (AvgIpc) is 2.39. The van der Waals surface area contributed by atoms with Gasteiger partial charge in [-0.1, -0.05) is 0 Å². The van der Waals surface area contributed by atoms with Crippen LogP contribution in [0.15, 0.2) is 0 Å². The summed E-state index contributed by atoms with van der Waals surface area (Å²) >= 11 is 0. The largest absolute Gasteiger partial charge is 0.460 e. The fraction of sp³-hybridized carbons (Fsp3) is 0.636. The molecule has 1 unspecified atom stereocenters. The van der Waals surface area contributed by atoms with Crippen molar-refractivity contribution in [3.05, 3.63) is 5.82 Å². The fourth-order valence-corrected chi connectivity index (χ4v) is 1.93. The number of hydrogen-bond donors (Lipinski definition) is 2. The Morgan fingerprint density at radius 1 is 1.53 bits per heavy atom. The van der Waals surface area contributed by atoms with Crippen LogP contribution in [0.5, 0.6) is 0 Å². The quantitative estimate of drug-likeness (QED) is 0.700. The molecule has 1 aliphatic heterocycles. The number of nitrogen functional groups attached to an aromatic ring is 1. The van der Waals surface area contributed by atoms with Crippen LogP contribution in [-0.4, -0.2) is 53.2 Å². The summed E-state index contributed by atoms with van der Waals surface area (Å²) in [7, 11) is 0. The van der Waals surface area contributed by atoms with E-state index in [1.165, 1.54) is 0 Å². The molecule has 0 aromatic carbocycles. The summed E-state index contributed by atoms with van der Waals surface area (Å²) in [5.74, 6) is -0.181. The maximum absolute atomic E-state index is 11.7. The van der Waals surface area contributed by atoms with Crippen LogP contribution < -0.4 is 16.0 Å². The van der Waals surface area contributed by atoms with Gasteiger partial charge < -0.3 is 20.7 Å². The van der Waals surface area contributed by atoms with Crippen LogP contribution in [0.3, 0.4) is 0 Å². The van der Waals surface area contributed by atoms with E-state index in [1.54, 1.807) is 6.92 Å². The molecule has 1 aliphatic rings. The first kappa shape index (κ1) is 13.5. The molecule has 1 saturated heterocycles. The van der Waals surface area contributed by atoms with E-state index in [1.807, 2.05) is 4.90 Å². The molecule has 1 fully saturated rings. The third-order valence-electron chi connectivity index (χ3n) is 2.86. The minimum Gasteiger partial charge on any atom is -0.460 e. The number of esters is 1. The zero-order chi connectivity index (χ0) is 13.8. The first-order chi connectivity index (χ1) is 9.11. The summed E-state index contributed by atoms with van der Waals surface area (Å²) in [5.41, 5.74) is 5.63.